The number of carbonyl (C=O) groups excluding carboxylic acids is 1. The minimum Gasteiger partial charge on any atom is -0.504 e. The molecule has 44 heavy (non-hydrogen) atoms. The standard InChI is InChI=1S/C33H32N2O8S/c1-20-29(32(38)42-15-14-39-2)30(23-11-13-25(27(18-23)41-4)43-19-21-8-6-5-7-9-21)35-31(37)28(44-33(35)34-20)17-22-10-12-24(36)26(16-22)40-3/h5-13,16-18,30,36H,14-15,19H2,1-4H3/b28-17-. The Balaban J connectivity index is 1.61. The summed E-state index contributed by atoms with van der Waals surface area (Å²) in [5.41, 5.74) is 2.57. The molecule has 1 aromatic heterocycles. The minimum atomic E-state index is -0.852. The summed E-state index contributed by atoms with van der Waals surface area (Å²) in [7, 11) is 4.51. The fraction of sp³-hybridized carbons (Fsp3) is 0.242. The highest BCUT2D eigenvalue weighted by atomic mass is 32.1. The molecule has 4 aromatic rings. The molecule has 11 heteroatoms. The van der Waals surface area contributed by atoms with Crippen LogP contribution >= 0.6 is 11.3 Å². The van der Waals surface area contributed by atoms with Crippen LogP contribution in [0.25, 0.3) is 6.08 Å². The molecule has 1 N–H and O–H groups in total. The number of rotatable bonds is 11. The smallest absolute Gasteiger partial charge is 0.338 e. The second kappa shape index (κ2) is 13.6. The molecule has 0 amide bonds. The summed E-state index contributed by atoms with van der Waals surface area (Å²) in [5.74, 6) is 0.623. The fourth-order valence-electron chi connectivity index (χ4n) is 4.84. The zero-order chi connectivity index (χ0) is 31.2. The van der Waals surface area contributed by atoms with Crippen molar-refractivity contribution in [1.82, 2.24) is 4.57 Å². The van der Waals surface area contributed by atoms with E-state index in [0.29, 0.717) is 44.3 Å². The van der Waals surface area contributed by atoms with Crippen molar-refractivity contribution in [3.63, 3.8) is 0 Å². The van der Waals surface area contributed by atoms with Crippen molar-refractivity contribution in [2.45, 2.75) is 19.6 Å². The first-order chi connectivity index (χ1) is 21.3. The predicted molar refractivity (Wildman–Crippen MR) is 165 cm³/mol. The number of benzene rings is 3. The summed E-state index contributed by atoms with van der Waals surface area (Å²) in [4.78, 5) is 32.5. The van der Waals surface area contributed by atoms with E-state index in [2.05, 4.69) is 4.99 Å². The lowest BCUT2D eigenvalue weighted by Gasteiger charge is -2.25. The molecule has 1 atom stereocenters. The first kappa shape index (κ1) is 30.6. The van der Waals surface area contributed by atoms with Gasteiger partial charge in [-0.05, 0) is 54.0 Å². The van der Waals surface area contributed by atoms with Crippen LogP contribution in [0.2, 0.25) is 0 Å². The molecule has 0 saturated carbocycles. The van der Waals surface area contributed by atoms with Crippen LogP contribution in [0.1, 0.15) is 29.7 Å². The Labute approximate surface area is 257 Å². The quantitative estimate of drug-likeness (QED) is 0.200. The van der Waals surface area contributed by atoms with Gasteiger partial charge in [0.1, 0.15) is 13.2 Å². The molecule has 1 aliphatic rings. The van der Waals surface area contributed by atoms with Crippen molar-refractivity contribution >= 4 is 23.4 Å². The van der Waals surface area contributed by atoms with Gasteiger partial charge in [0.2, 0.25) is 0 Å². The molecular formula is C33H32N2O8S. The van der Waals surface area contributed by atoms with Gasteiger partial charge < -0.3 is 28.8 Å². The number of phenols is 1. The third kappa shape index (κ3) is 6.38. The lowest BCUT2D eigenvalue weighted by molar-refractivity contribution is -0.140. The molecular weight excluding hydrogens is 584 g/mol. The Morgan fingerprint density at radius 2 is 1.75 bits per heavy atom. The van der Waals surface area contributed by atoms with Gasteiger partial charge in [-0.15, -0.1) is 0 Å². The number of hydrogen-bond acceptors (Lipinski definition) is 10. The maximum atomic E-state index is 14.0. The number of thiazole rings is 1. The number of ether oxygens (including phenoxy) is 5. The predicted octanol–water partition coefficient (Wildman–Crippen LogP) is 3.73. The minimum absolute atomic E-state index is 0.0106. The van der Waals surface area contributed by atoms with Crippen LogP contribution in [0.3, 0.4) is 0 Å². The van der Waals surface area contributed by atoms with Crippen molar-refractivity contribution in [2.24, 2.45) is 4.99 Å². The summed E-state index contributed by atoms with van der Waals surface area (Å²) in [5, 5.41) is 10.00. The summed E-state index contributed by atoms with van der Waals surface area (Å²) in [6.45, 7) is 2.32. The molecule has 0 radical (unpaired) electrons. The molecule has 1 unspecified atom stereocenters. The third-order valence-electron chi connectivity index (χ3n) is 7.00. The number of carbonyl (C=O) groups is 1. The van der Waals surface area contributed by atoms with Crippen molar-refractivity contribution in [3.05, 3.63) is 114 Å². The number of aromatic nitrogens is 1. The van der Waals surface area contributed by atoms with E-state index < -0.39 is 12.0 Å². The number of methoxy groups -OCH3 is 3. The van der Waals surface area contributed by atoms with Crippen molar-refractivity contribution in [2.75, 3.05) is 34.5 Å². The van der Waals surface area contributed by atoms with Crippen molar-refractivity contribution in [3.8, 4) is 23.0 Å². The zero-order valence-electron chi connectivity index (χ0n) is 24.7. The van der Waals surface area contributed by atoms with E-state index in [-0.39, 0.29) is 35.8 Å². The van der Waals surface area contributed by atoms with E-state index in [4.69, 9.17) is 23.7 Å². The van der Waals surface area contributed by atoms with Crippen LogP contribution in [0.15, 0.2) is 87.8 Å². The van der Waals surface area contributed by atoms with Gasteiger partial charge in [0, 0.05) is 7.11 Å². The highest BCUT2D eigenvalue weighted by Crippen LogP contribution is 2.36. The van der Waals surface area contributed by atoms with E-state index in [1.807, 2.05) is 30.3 Å². The van der Waals surface area contributed by atoms with Crippen LogP contribution < -0.4 is 29.1 Å². The number of hydrogen-bond donors (Lipinski definition) is 1. The fourth-order valence-corrected chi connectivity index (χ4v) is 5.88. The first-order valence-corrected chi connectivity index (χ1v) is 14.6. The molecule has 10 nitrogen and oxygen atoms in total. The average molecular weight is 617 g/mol. The Bertz CT molecular complexity index is 1880. The maximum Gasteiger partial charge on any atom is 0.338 e. The van der Waals surface area contributed by atoms with Crippen LogP contribution in [0, 0.1) is 0 Å². The van der Waals surface area contributed by atoms with Gasteiger partial charge >= 0.3 is 5.97 Å². The number of esters is 1. The summed E-state index contributed by atoms with van der Waals surface area (Å²) in [6.07, 6.45) is 1.69. The molecule has 228 valence electrons. The second-order valence-corrected chi connectivity index (χ2v) is 10.8. The zero-order valence-corrected chi connectivity index (χ0v) is 25.6. The van der Waals surface area contributed by atoms with Gasteiger partial charge in [-0.2, -0.15) is 0 Å². The maximum absolute atomic E-state index is 14.0. The Hall–Kier alpha value is -4.87. The SMILES string of the molecule is COCCOC(=O)C1=C(C)N=c2s/c(=C\c3ccc(O)c(OC)c3)c(=O)n2C1c1ccc(OCc2ccccc2)c(OC)c1. The number of phenolic OH excluding ortho intramolecular Hbond substituents is 1. The van der Waals surface area contributed by atoms with Crippen LogP contribution in [0.5, 0.6) is 23.0 Å². The van der Waals surface area contributed by atoms with Gasteiger partial charge in [0.05, 0.1) is 42.7 Å². The highest BCUT2D eigenvalue weighted by Gasteiger charge is 2.34. The summed E-state index contributed by atoms with van der Waals surface area (Å²) >= 11 is 1.19. The number of allylic oxidation sites excluding steroid dienone is 1. The van der Waals surface area contributed by atoms with E-state index in [1.165, 1.54) is 43.3 Å². The lowest BCUT2D eigenvalue weighted by atomic mass is 9.95. The van der Waals surface area contributed by atoms with E-state index >= 15 is 0 Å². The van der Waals surface area contributed by atoms with Crippen molar-refractivity contribution in [1.29, 1.82) is 0 Å². The van der Waals surface area contributed by atoms with Gasteiger partial charge in [-0.1, -0.05) is 53.8 Å². The molecule has 0 fully saturated rings. The monoisotopic (exact) mass is 616 g/mol. The van der Waals surface area contributed by atoms with Gasteiger partial charge in [-0.25, -0.2) is 9.79 Å². The highest BCUT2D eigenvalue weighted by molar-refractivity contribution is 7.07. The van der Waals surface area contributed by atoms with E-state index in [9.17, 15) is 14.7 Å². The number of fused-ring (bicyclic) bond motifs is 1. The van der Waals surface area contributed by atoms with Gasteiger partial charge in [0.15, 0.2) is 27.8 Å². The molecule has 1 aliphatic heterocycles. The van der Waals surface area contributed by atoms with Crippen LogP contribution in [0.4, 0.5) is 0 Å². The molecule has 0 saturated heterocycles. The van der Waals surface area contributed by atoms with Crippen molar-refractivity contribution < 1.29 is 33.6 Å². The largest absolute Gasteiger partial charge is 0.504 e. The lowest BCUT2D eigenvalue weighted by Crippen LogP contribution is -2.40. The molecule has 0 spiro atoms. The second-order valence-electron chi connectivity index (χ2n) is 9.83. The summed E-state index contributed by atoms with van der Waals surface area (Å²) < 4.78 is 29.4. The summed E-state index contributed by atoms with van der Waals surface area (Å²) in [6, 6.07) is 19.0. The topological polar surface area (TPSA) is 118 Å². The third-order valence-corrected chi connectivity index (χ3v) is 7.99. The number of nitrogens with zero attached hydrogens (tertiary/aromatic N) is 2. The Morgan fingerprint density at radius 1 is 0.977 bits per heavy atom. The molecule has 3 aromatic carbocycles. The average Bonchev–Trinajstić information content (AvgIpc) is 3.34. The normalized spacial score (nSPS) is 14.5. The Kier molecular flexibility index (Phi) is 9.47. The molecule has 0 bridgehead atoms. The first-order valence-electron chi connectivity index (χ1n) is 13.7. The van der Waals surface area contributed by atoms with Gasteiger partial charge in [-0.3, -0.25) is 9.36 Å². The Morgan fingerprint density at radius 3 is 2.48 bits per heavy atom. The van der Waals surface area contributed by atoms with E-state index in [1.54, 1.807) is 43.3 Å². The molecule has 2 heterocycles. The van der Waals surface area contributed by atoms with Crippen LogP contribution in [-0.4, -0.2) is 50.2 Å². The number of aromatic hydroxyl groups is 1. The van der Waals surface area contributed by atoms with E-state index in [0.717, 1.165) is 5.56 Å². The molecule has 5 rings (SSSR count). The molecule has 0 aliphatic carbocycles. The van der Waals surface area contributed by atoms with Gasteiger partial charge in [0.25, 0.3) is 5.56 Å². The van der Waals surface area contributed by atoms with Crippen LogP contribution in [-0.2, 0) is 20.9 Å².